The molecular weight excluding hydrogens is 462 g/mol. The van der Waals surface area contributed by atoms with Crippen molar-refractivity contribution in [3.8, 4) is 11.8 Å². The van der Waals surface area contributed by atoms with Crippen molar-refractivity contribution in [3.63, 3.8) is 0 Å². The second-order valence-corrected chi connectivity index (χ2v) is 7.58. The zero-order valence-corrected chi connectivity index (χ0v) is 18.8. The molecule has 31 heavy (non-hydrogen) atoms. The second kappa shape index (κ2) is 9.49. The molecule has 2 aromatic carbocycles. The van der Waals surface area contributed by atoms with Crippen LogP contribution in [0.4, 0.5) is 11.4 Å². The SMILES string of the molecule is COc1ccc(Br)cc1C=CC(=O)OCC(=O)C(C#N)=C1N(C)c2ccccc2N1C. The average Bonchev–Trinajstić information content (AvgIpc) is 3.02. The second-order valence-electron chi connectivity index (χ2n) is 6.67. The fourth-order valence-corrected chi connectivity index (χ4v) is 3.69. The van der Waals surface area contributed by atoms with Crippen LogP contribution in [0.1, 0.15) is 5.56 Å². The molecule has 0 fully saturated rings. The number of para-hydroxylation sites is 2. The Morgan fingerprint density at radius 2 is 1.77 bits per heavy atom. The normalized spacial score (nSPS) is 12.5. The number of esters is 1. The predicted molar refractivity (Wildman–Crippen MR) is 122 cm³/mol. The molecule has 0 spiro atoms. The third-order valence-corrected chi connectivity index (χ3v) is 5.28. The number of methoxy groups -OCH3 is 1. The lowest BCUT2D eigenvalue weighted by Gasteiger charge is -2.19. The number of benzene rings is 2. The number of halogens is 1. The molecule has 0 aliphatic carbocycles. The highest BCUT2D eigenvalue weighted by Crippen LogP contribution is 2.40. The Labute approximate surface area is 188 Å². The van der Waals surface area contributed by atoms with Gasteiger partial charge in [0.2, 0.25) is 5.78 Å². The molecule has 1 heterocycles. The van der Waals surface area contributed by atoms with E-state index < -0.39 is 18.4 Å². The molecule has 0 N–H and O–H groups in total. The minimum Gasteiger partial charge on any atom is -0.496 e. The first-order chi connectivity index (χ1) is 14.9. The highest BCUT2D eigenvalue weighted by molar-refractivity contribution is 9.10. The van der Waals surface area contributed by atoms with E-state index in [0.29, 0.717) is 17.1 Å². The number of Topliss-reactive ketones (excluding diaryl/α,β-unsaturated/α-hetero) is 1. The summed E-state index contributed by atoms with van der Waals surface area (Å²) in [5, 5.41) is 9.62. The van der Waals surface area contributed by atoms with Crippen molar-refractivity contribution >= 4 is 45.1 Å². The lowest BCUT2D eigenvalue weighted by atomic mass is 10.2. The van der Waals surface area contributed by atoms with Crippen molar-refractivity contribution in [2.75, 3.05) is 37.6 Å². The van der Waals surface area contributed by atoms with E-state index in [-0.39, 0.29) is 5.57 Å². The Morgan fingerprint density at radius 1 is 1.13 bits per heavy atom. The first-order valence-electron chi connectivity index (χ1n) is 9.29. The Morgan fingerprint density at radius 3 is 2.35 bits per heavy atom. The topological polar surface area (TPSA) is 82.9 Å². The zero-order valence-electron chi connectivity index (χ0n) is 17.3. The number of carbonyl (C=O) groups is 2. The van der Waals surface area contributed by atoms with Gasteiger partial charge in [0.1, 0.15) is 23.2 Å². The van der Waals surface area contributed by atoms with Gasteiger partial charge >= 0.3 is 5.97 Å². The van der Waals surface area contributed by atoms with Crippen LogP contribution >= 0.6 is 15.9 Å². The van der Waals surface area contributed by atoms with Crippen LogP contribution in [-0.4, -0.2) is 39.6 Å². The molecule has 0 aromatic heterocycles. The van der Waals surface area contributed by atoms with Crippen molar-refractivity contribution in [1.82, 2.24) is 0 Å². The van der Waals surface area contributed by atoms with E-state index >= 15 is 0 Å². The van der Waals surface area contributed by atoms with E-state index in [9.17, 15) is 14.9 Å². The van der Waals surface area contributed by atoms with Gasteiger partial charge in [-0.25, -0.2) is 4.79 Å². The fourth-order valence-electron chi connectivity index (χ4n) is 3.31. The fraction of sp³-hybridized carbons (Fsp3) is 0.174. The summed E-state index contributed by atoms with van der Waals surface area (Å²) in [5.74, 6) is -0.245. The van der Waals surface area contributed by atoms with E-state index in [0.717, 1.165) is 15.8 Å². The van der Waals surface area contributed by atoms with Crippen LogP contribution in [0.3, 0.4) is 0 Å². The summed E-state index contributed by atoms with van der Waals surface area (Å²) in [5.41, 5.74) is 2.35. The minimum atomic E-state index is -0.700. The lowest BCUT2D eigenvalue weighted by Crippen LogP contribution is -2.27. The molecule has 0 amide bonds. The van der Waals surface area contributed by atoms with Gasteiger partial charge in [0.15, 0.2) is 6.61 Å². The summed E-state index contributed by atoms with van der Waals surface area (Å²) in [4.78, 5) is 28.3. The summed E-state index contributed by atoms with van der Waals surface area (Å²) in [6.45, 7) is -0.538. The molecule has 8 heteroatoms. The Kier molecular flexibility index (Phi) is 6.78. The van der Waals surface area contributed by atoms with Crippen LogP contribution in [0.5, 0.6) is 5.75 Å². The quantitative estimate of drug-likeness (QED) is 0.351. The van der Waals surface area contributed by atoms with Gasteiger partial charge in [-0.3, -0.25) is 4.79 Å². The van der Waals surface area contributed by atoms with E-state index in [2.05, 4.69) is 15.9 Å². The van der Waals surface area contributed by atoms with Gasteiger partial charge in [0, 0.05) is 30.2 Å². The van der Waals surface area contributed by atoms with Crippen molar-refractivity contribution in [3.05, 3.63) is 70.0 Å². The Hall–Kier alpha value is -3.57. The van der Waals surface area contributed by atoms with Gasteiger partial charge in [-0.15, -0.1) is 0 Å². The summed E-state index contributed by atoms with van der Waals surface area (Å²) in [6.07, 6.45) is 2.75. The average molecular weight is 482 g/mol. The van der Waals surface area contributed by atoms with E-state index in [1.54, 1.807) is 36.0 Å². The highest BCUT2D eigenvalue weighted by Gasteiger charge is 2.31. The number of ketones is 1. The molecule has 0 radical (unpaired) electrons. The number of carbonyl (C=O) groups excluding carboxylic acids is 2. The van der Waals surface area contributed by atoms with Crippen LogP contribution in [0.25, 0.3) is 6.08 Å². The number of fused-ring (bicyclic) bond motifs is 1. The van der Waals surface area contributed by atoms with Gasteiger partial charge in [-0.2, -0.15) is 5.26 Å². The number of rotatable bonds is 6. The number of ether oxygens (including phenoxy) is 2. The largest absolute Gasteiger partial charge is 0.496 e. The maximum absolute atomic E-state index is 12.7. The summed E-state index contributed by atoms with van der Waals surface area (Å²) in [7, 11) is 5.09. The van der Waals surface area contributed by atoms with Crippen LogP contribution in [0, 0.1) is 11.3 Å². The summed E-state index contributed by atoms with van der Waals surface area (Å²) >= 11 is 3.36. The molecule has 0 saturated heterocycles. The van der Waals surface area contributed by atoms with Crippen molar-refractivity contribution in [2.24, 2.45) is 0 Å². The highest BCUT2D eigenvalue weighted by atomic mass is 79.9. The number of hydrogen-bond acceptors (Lipinski definition) is 7. The minimum absolute atomic E-state index is 0.0772. The molecule has 1 aliphatic heterocycles. The lowest BCUT2D eigenvalue weighted by molar-refractivity contribution is -0.141. The van der Waals surface area contributed by atoms with Crippen LogP contribution in [0.2, 0.25) is 0 Å². The van der Waals surface area contributed by atoms with Crippen molar-refractivity contribution in [2.45, 2.75) is 0 Å². The van der Waals surface area contributed by atoms with Gasteiger partial charge < -0.3 is 19.3 Å². The van der Waals surface area contributed by atoms with Crippen LogP contribution in [-0.2, 0) is 14.3 Å². The molecule has 2 aromatic rings. The van der Waals surface area contributed by atoms with Crippen LogP contribution in [0.15, 0.2) is 64.4 Å². The molecule has 1 aliphatic rings. The molecule has 0 unspecified atom stereocenters. The summed E-state index contributed by atoms with van der Waals surface area (Å²) < 4.78 is 11.1. The number of nitriles is 1. The first kappa shape index (κ1) is 22.1. The summed E-state index contributed by atoms with van der Waals surface area (Å²) in [6, 6.07) is 14.9. The number of hydrogen-bond donors (Lipinski definition) is 0. The monoisotopic (exact) mass is 481 g/mol. The number of nitrogens with zero attached hydrogens (tertiary/aromatic N) is 3. The maximum atomic E-state index is 12.7. The van der Waals surface area contributed by atoms with Crippen molar-refractivity contribution < 1.29 is 19.1 Å². The maximum Gasteiger partial charge on any atom is 0.331 e. The molecule has 0 atom stereocenters. The van der Waals surface area contributed by atoms with E-state index in [4.69, 9.17) is 9.47 Å². The molecule has 0 bridgehead atoms. The van der Waals surface area contributed by atoms with Gasteiger partial charge in [-0.1, -0.05) is 28.1 Å². The van der Waals surface area contributed by atoms with Gasteiger partial charge in [0.25, 0.3) is 0 Å². The van der Waals surface area contributed by atoms with Gasteiger partial charge in [-0.05, 0) is 36.4 Å². The third-order valence-electron chi connectivity index (χ3n) is 4.79. The molecule has 3 rings (SSSR count). The smallest absolute Gasteiger partial charge is 0.331 e. The standard InChI is InChI=1S/C23H20BrN3O4/c1-26-18-6-4-5-7-19(18)27(2)23(26)17(13-25)20(28)14-31-22(29)11-8-15-12-16(24)9-10-21(15)30-3/h4-12H,14H2,1-3H3. The van der Waals surface area contributed by atoms with E-state index in [1.807, 2.05) is 36.4 Å². The predicted octanol–water partition coefficient (Wildman–Crippen LogP) is 3.90. The van der Waals surface area contributed by atoms with Gasteiger partial charge in [0.05, 0.1) is 18.5 Å². The van der Waals surface area contributed by atoms with Crippen LogP contribution < -0.4 is 14.5 Å². The Bertz CT molecular complexity index is 1100. The van der Waals surface area contributed by atoms with Crippen molar-refractivity contribution in [1.29, 1.82) is 5.26 Å². The zero-order chi connectivity index (χ0) is 22.5. The molecule has 158 valence electrons. The third kappa shape index (κ3) is 4.62. The molecule has 0 saturated carbocycles. The molecular formula is C23H20BrN3O4. The molecule has 7 nitrogen and oxygen atoms in total. The number of anilines is 2. The van der Waals surface area contributed by atoms with E-state index in [1.165, 1.54) is 19.3 Å². The first-order valence-corrected chi connectivity index (χ1v) is 10.1. The Balaban J connectivity index is 1.72.